The fourth-order valence-corrected chi connectivity index (χ4v) is 3.02. The second-order valence-electron chi connectivity index (χ2n) is 4.41. The lowest BCUT2D eigenvalue weighted by molar-refractivity contribution is -0.131. The van der Waals surface area contributed by atoms with Crippen molar-refractivity contribution in [3.05, 3.63) is 33.3 Å². The minimum Gasteiger partial charge on any atom is -0.338 e. The van der Waals surface area contributed by atoms with Gasteiger partial charge in [-0.2, -0.15) is 0 Å². The minimum absolute atomic E-state index is 0.0886. The highest BCUT2D eigenvalue weighted by molar-refractivity contribution is 7.10. The average molecular weight is 263 g/mol. The highest BCUT2D eigenvalue weighted by atomic mass is 32.1. The van der Waals surface area contributed by atoms with Gasteiger partial charge in [0.25, 0.3) is 0 Å². The first kappa shape index (κ1) is 11.4. The fraction of sp³-hybridized carbons (Fsp3) is 0.417. The Morgan fingerprint density at radius 2 is 2.44 bits per heavy atom. The van der Waals surface area contributed by atoms with Crippen LogP contribution in [-0.4, -0.2) is 27.7 Å². The number of hydrogen-bond acceptors (Lipinski definition) is 5. The molecule has 0 unspecified atom stereocenters. The van der Waals surface area contributed by atoms with Crippen molar-refractivity contribution in [2.24, 2.45) is 0 Å². The molecule has 3 rings (SSSR count). The van der Waals surface area contributed by atoms with Crippen LogP contribution in [0.1, 0.15) is 21.8 Å². The van der Waals surface area contributed by atoms with E-state index in [4.69, 9.17) is 0 Å². The average Bonchev–Trinajstić information content (AvgIpc) is 2.98. The predicted molar refractivity (Wildman–Crippen MR) is 66.2 cm³/mol. The zero-order valence-corrected chi connectivity index (χ0v) is 10.9. The molecule has 0 N–H and O–H groups in total. The Balaban J connectivity index is 1.70. The van der Waals surface area contributed by atoms with Gasteiger partial charge in [0.15, 0.2) is 0 Å². The van der Waals surface area contributed by atoms with Crippen LogP contribution in [0, 0.1) is 6.92 Å². The second kappa shape index (κ2) is 4.53. The van der Waals surface area contributed by atoms with Crippen LogP contribution in [0.15, 0.2) is 16.1 Å². The van der Waals surface area contributed by atoms with Crippen molar-refractivity contribution >= 4 is 17.2 Å². The lowest BCUT2D eigenvalue weighted by Gasteiger charge is -2.26. The molecule has 2 aromatic heterocycles. The van der Waals surface area contributed by atoms with Gasteiger partial charge in [-0.1, -0.05) is 10.3 Å². The van der Waals surface area contributed by atoms with E-state index in [2.05, 4.69) is 26.4 Å². The van der Waals surface area contributed by atoms with E-state index in [-0.39, 0.29) is 12.3 Å². The van der Waals surface area contributed by atoms with Gasteiger partial charge in [-0.05, 0) is 30.4 Å². The number of carbonyl (C=O) groups is 1. The number of hydrogen-bond donors (Lipinski definition) is 0. The second-order valence-corrected chi connectivity index (χ2v) is 5.41. The van der Waals surface area contributed by atoms with Gasteiger partial charge < -0.3 is 4.90 Å². The summed E-state index contributed by atoms with van der Waals surface area (Å²) in [6.07, 6.45) is 1.23. The Morgan fingerprint density at radius 1 is 1.56 bits per heavy atom. The molecule has 0 bridgehead atoms. The molecule has 2 aromatic rings. The van der Waals surface area contributed by atoms with Crippen molar-refractivity contribution in [1.29, 1.82) is 0 Å². The molecule has 1 aliphatic heterocycles. The fourth-order valence-electron chi connectivity index (χ4n) is 2.13. The van der Waals surface area contributed by atoms with Gasteiger partial charge in [-0.25, -0.2) is 4.63 Å². The maximum atomic E-state index is 12.2. The Hall–Kier alpha value is -1.69. The number of aryl methyl sites for hydroxylation is 1. The van der Waals surface area contributed by atoms with Crippen molar-refractivity contribution in [3.63, 3.8) is 0 Å². The van der Waals surface area contributed by atoms with Crippen molar-refractivity contribution in [1.82, 2.24) is 15.2 Å². The molecule has 6 heteroatoms. The number of amides is 1. The van der Waals surface area contributed by atoms with Crippen LogP contribution in [0.4, 0.5) is 0 Å². The third-order valence-corrected chi connectivity index (χ3v) is 4.25. The molecule has 18 heavy (non-hydrogen) atoms. The Kier molecular flexibility index (Phi) is 2.87. The van der Waals surface area contributed by atoms with Crippen molar-refractivity contribution in [3.8, 4) is 0 Å². The maximum absolute atomic E-state index is 12.2. The highest BCUT2D eigenvalue weighted by Crippen LogP contribution is 2.24. The van der Waals surface area contributed by atoms with Crippen LogP contribution in [-0.2, 0) is 24.2 Å². The van der Waals surface area contributed by atoms with Crippen molar-refractivity contribution in [2.75, 3.05) is 6.54 Å². The van der Waals surface area contributed by atoms with Gasteiger partial charge in [-0.15, -0.1) is 11.3 Å². The number of aromatic nitrogens is 2. The largest absolute Gasteiger partial charge is 0.338 e. The summed E-state index contributed by atoms with van der Waals surface area (Å²) in [5, 5.41) is 9.53. The van der Waals surface area contributed by atoms with Crippen LogP contribution in [0.5, 0.6) is 0 Å². The van der Waals surface area contributed by atoms with E-state index in [1.54, 1.807) is 18.3 Å². The molecule has 3 heterocycles. The smallest absolute Gasteiger partial charge is 0.229 e. The zero-order chi connectivity index (χ0) is 12.5. The van der Waals surface area contributed by atoms with E-state index in [1.807, 2.05) is 4.90 Å². The molecular weight excluding hydrogens is 250 g/mol. The number of nitrogens with zero attached hydrogens (tertiary/aromatic N) is 3. The summed E-state index contributed by atoms with van der Waals surface area (Å²) < 4.78 is 4.61. The molecule has 0 atom stereocenters. The molecular formula is C12H13N3O2S. The summed E-state index contributed by atoms with van der Waals surface area (Å²) in [5.74, 6) is 0.0886. The molecule has 1 amide bonds. The van der Waals surface area contributed by atoms with E-state index in [0.29, 0.717) is 17.9 Å². The van der Waals surface area contributed by atoms with Gasteiger partial charge in [0, 0.05) is 18.0 Å². The summed E-state index contributed by atoms with van der Waals surface area (Å²) in [6.45, 7) is 3.30. The number of fused-ring (bicyclic) bond motifs is 1. The molecule has 0 radical (unpaired) electrons. The lowest BCUT2D eigenvalue weighted by atomic mass is 10.1. The monoisotopic (exact) mass is 263 g/mol. The quantitative estimate of drug-likeness (QED) is 0.825. The Labute approximate surface area is 108 Å². The minimum atomic E-state index is 0.0886. The van der Waals surface area contributed by atoms with E-state index in [9.17, 15) is 4.79 Å². The van der Waals surface area contributed by atoms with Gasteiger partial charge in [0.2, 0.25) is 5.91 Å². The topological polar surface area (TPSA) is 59.2 Å². The van der Waals surface area contributed by atoms with E-state index in [1.165, 1.54) is 10.4 Å². The Bertz CT molecular complexity index is 575. The highest BCUT2D eigenvalue weighted by Gasteiger charge is 2.22. The SMILES string of the molecule is Cc1nonc1CC(=O)N1CCc2sccc2C1. The van der Waals surface area contributed by atoms with Crippen LogP contribution in [0.3, 0.4) is 0 Å². The number of rotatable bonds is 2. The normalized spacial score (nSPS) is 14.6. The first-order valence-electron chi connectivity index (χ1n) is 5.85. The molecule has 0 aromatic carbocycles. The molecule has 5 nitrogen and oxygen atoms in total. The van der Waals surface area contributed by atoms with Crippen LogP contribution < -0.4 is 0 Å². The number of thiophene rings is 1. The summed E-state index contributed by atoms with van der Waals surface area (Å²) >= 11 is 1.77. The summed E-state index contributed by atoms with van der Waals surface area (Å²) in [4.78, 5) is 15.4. The van der Waals surface area contributed by atoms with Crippen molar-refractivity contribution in [2.45, 2.75) is 26.3 Å². The molecule has 0 aliphatic carbocycles. The third-order valence-electron chi connectivity index (χ3n) is 3.23. The zero-order valence-electron chi connectivity index (χ0n) is 10.0. The Morgan fingerprint density at radius 3 is 3.22 bits per heavy atom. The van der Waals surface area contributed by atoms with Crippen LogP contribution >= 0.6 is 11.3 Å². The lowest BCUT2D eigenvalue weighted by Crippen LogP contribution is -2.36. The molecule has 0 saturated heterocycles. The van der Waals surface area contributed by atoms with Crippen molar-refractivity contribution < 1.29 is 9.42 Å². The van der Waals surface area contributed by atoms with E-state index in [0.717, 1.165) is 13.0 Å². The van der Waals surface area contributed by atoms with Crippen LogP contribution in [0.25, 0.3) is 0 Å². The van der Waals surface area contributed by atoms with Gasteiger partial charge in [-0.3, -0.25) is 4.79 Å². The van der Waals surface area contributed by atoms with E-state index < -0.39 is 0 Å². The standard InChI is InChI=1S/C12H13N3O2S/c1-8-10(14-17-13-8)6-12(16)15-4-2-11-9(7-15)3-5-18-11/h3,5H,2,4,6-7H2,1H3. The van der Waals surface area contributed by atoms with Gasteiger partial charge in [0.1, 0.15) is 11.4 Å². The predicted octanol–water partition coefficient (Wildman–Crippen LogP) is 1.57. The summed E-state index contributed by atoms with van der Waals surface area (Å²) in [7, 11) is 0. The van der Waals surface area contributed by atoms with Gasteiger partial charge in [0.05, 0.1) is 6.42 Å². The number of carbonyl (C=O) groups excluding carboxylic acids is 1. The summed E-state index contributed by atoms with van der Waals surface area (Å²) in [5.41, 5.74) is 2.60. The first-order valence-corrected chi connectivity index (χ1v) is 6.73. The van der Waals surface area contributed by atoms with Crippen LogP contribution in [0.2, 0.25) is 0 Å². The summed E-state index contributed by atoms with van der Waals surface area (Å²) in [6, 6.07) is 2.10. The molecule has 94 valence electrons. The first-order chi connectivity index (χ1) is 8.74. The van der Waals surface area contributed by atoms with E-state index >= 15 is 0 Å². The maximum Gasteiger partial charge on any atom is 0.229 e. The molecule has 0 saturated carbocycles. The molecule has 0 fully saturated rings. The third kappa shape index (κ3) is 2.03. The van der Waals surface area contributed by atoms with Gasteiger partial charge >= 0.3 is 0 Å². The molecule has 1 aliphatic rings. The molecule has 0 spiro atoms.